The van der Waals surface area contributed by atoms with Crippen LogP contribution in [0, 0.1) is 5.92 Å². The molecule has 2 heterocycles. The molecule has 9 heteroatoms. The zero-order chi connectivity index (χ0) is 23.1. The summed E-state index contributed by atoms with van der Waals surface area (Å²) in [7, 11) is 3.86. The van der Waals surface area contributed by atoms with Crippen molar-refractivity contribution in [2.75, 3.05) is 50.2 Å². The van der Waals surface area contributed by atoms with Crippen LogP contribution in [-0.4, -0.2) is 67.6 Å². The second-order valence-corrected chi connectivity index (χ2v) is 8.70. The average molecular weight is 456 g/mol. The number of nitrogens with one attached hydrogen (secondary N) is 2. The van der Waals surface area contributed by atoms with E-state index in [1.54, 1.807) is 30.5 Å². The molecule has 0 spiro atoms. The normalized spacial score (nSPS) is 14.0. The standard InChI is InChI=1S/C23H29N5O3S/c1-27(2)18-8-6-17(7-9-18)26-21(30)20(29)25-15-16-10-13-28(14-11-16)23(31)19-5-4-12-24-22(19)32-3/h4-9,12,16H,10-11,13-15H2,1-3H3,(H,25,29)(H,26,30). The molecule has 0 bridgehead atoms. The maximum Gasteiger partial charge on any atom is 0.313 e. The molecule has 2 aromatic rings. The first-order valence-corrected chi connectivity index (χ1v) is 11.8. The van der Waals surface area contributed by atoms with Crippen LogP contribution in [0.5, 0.6) is 0 Å². The van der Waals surface area contributed by atoms with Crippen molar-refractivity contribution in [1.82, 2.24) is 15.2 Å². The molecule has 1 aromatic carbocycles. The fourth-order valence-corrected chi connectivity index (χ4v) is 4.12. The van der Waals surface area contributed by atoms with E-state index in [9.17, 15) is 14.4 Å². The molecule has 1 aliphatic heterocycles. The SMILES string of the molecule is CSc1ncccc1C(=O)N1CCC(CNC(=O)C(=O)Nc2ccc(N(C)C)cc2)CC1. The summed E-state index contributed by atoms with van der Waals surface area (Å²) in [5.74, 6) is -1.12. The van der Waals surface area contributed by atoms with Crippen molar-refractivity contribution in [2.24, 2.45) is 5.92 Å². The van der Waals surface area contributed by atoms with Crippen molar-refractivity contribution in [3.8, 4) is 0 Å². The zero-order valence-corrected chi connectivity index (χ0v) is 19.4. The number of nitrogens with zero attached hydrogens (tertiary/aromatic N) is 3. The molecule has 1 aliphatic rings. The molecule has 8 nitrogen and oxygen atoms in total. The number of anilines is 2. The number of carbonyl (C=O) groups excluding carboxylic acids is 3. The van der Waals surface area contributed by atoms with Gasteiger partial charge in [-0.15, -0.1) is 11.8 Å². The topological polar surface area (TPSA) is 94.6 Å². The highest BCUT2D eigenvalue weighted by Crippen LogP contribution is 2.23. The van der Waals surface area contributed by atoms with E-state index in [1.165, 1.54) is 11.8 Å². The molecule has 3 rings (SSSR count). The highest BCUT2D eigenvalue weighted by molar-refractivity contribution is 7.98. The smallest absolute Gasteiger partial charge is 0.313 e. The van der Waals surface area contributed by atoms with Crippen LogP contribution in [-0.2, 0) is 9.59 Å². The third kappa shape index (κ3) is 6.00. The van der Waals surface area contributed by atoms with Crippen molar-refractivity contribution >= 4 is 40.9 Å². The van der Waals surface area contributed by atoms with E-state index < -0.39 is 11.8 Å². The Balaban J connectivity index is 1.43. The number of rotatable bonds is 6. The van der Waals surface area contributed by atoms with Crippen molar-refractivity contribution in [2.45, 2.75) is 17.9 Å². The van der Waals surface area contributed by atoms with E-state index in [-0.39, 0.29) is 11.8 Å². The highest BCUT2D eigenvalue weighted by atomic mass is 32.2. The molecule has 0 radical (unpaired) electrons. The number of pyridine rings is 1. The van der Waals surface area contributed by atoms with Gasteiger partial charge in [0, 0.05) is 51.3 Å². The number of aromatic nitrogens is 1. The lowest BCUT2D eigenvalue weighted by Gasteiger charge is -2.32. The Morgan fingerprint density at radius 3 is 2.41 bits per heavy atom. The molecule has 32 heavy (non-hydrogen) atoms. The Hall–Kier alpha value is -3.07. The van der Waals surface area contributed by atoms with Crippen molar-refractivity contribution < 1.29 is 14.4 Å². The minimum absolute atomic E-state index is 0.00963. The summed E-state index contributed by atoms with van der Waals surface area (Å²) in [4.78, 5) is 45.2. The van der Waals surface area contributed by atoms with Gasteiger partial charge in [-0.05, 0) is 61.4 Å². The van der Waals surface area contributed by atoms with Gasteiger partial charge in [-0.25, -0.2) is 4.98 Å². The predicted molar refractivity (Wildman–Crippen MR) is 127 cm³/mol. The first-order chi connectivity index (χ1) is 15.4. The number of carbonyl (C=O) groups is 3. The van der Waals surface area contributed by atoms with Crippen LogP contribution in [0.15, 0.2) is 47.6 Å². The third-order valence-corrected chi connectivity index (χ3v) is 6.21. The zero-order valence-electron chi connectivity index (χ0n) is 18.6. The van der Waals surface area contributed by atoms with Crippen LogP contribution in [0.1, 0.15) is 23.2 Å². The fraction of sp³-hybridized carbons (Fsp3) is 0.391. The van der Waals surface area contributed by atoms with E-state index in [0.717, 1.165) is 23.6 Å². The Morgan fingerprint density at radius 1 is 1.09 bits per heavy atom. The summed E-state index contributed by atoms with van der Waals surface area (Å²) in [6.45, 7) is 1.65. The Bertz CT molecular complexity index is 956. The number of likely N-dealkylation sites (tertiary alicyclic amines) is 1. The summed E-state index contributed by atoms with van der Waals surface area (Å²) in [6, 6.07) is 10.8. The van der Waals surface area contributed by atoms with Crippen molar-refractivity contribution in [3.05, 3.63) is 48.2 Å². The van der Waals surface area contributed by atoms with Crippen LogP contribution >= 0.6 is 11.8 Å². The average Bonchev–Trinajstić information content (AvgIpc) is 2.82. The Kier molecular flexibility index (Phi) is 8.10. The molecular formula is C23H29N5O3S. The van der Waals surface area contributed by atoms with Gasteiger partial charge < -0.3 is 20.4 Å². The summed E-state index contributed by atoms with van der Waals surface area (Å²) >= 11 is 1.46. The van der Waals surface area contributed by atoms with Crippen LogP contribution in [0.4, 0.5) is 11.4 Å². The number of hydrogen-bond donors (Lipinski definition) is 2. The number of amides is 3. The minimum atomic E-state index is -0.684. The number of benzene rings is 1. The lowest BCUT2D eigenvalue weighted by molar-refractivity contribution is -0.136. The number of hydrogen-bond acceptors (Lipinski definition) is 6. The molecule has 1 saturated heterocycles. The third-order valence-electron chi connectivity index (χ3n) is 5.50. The minimum Gasteiger partial charge on any atom is -0.378 e. The number of thioether (sulfide) groups is 1. The van der Waals surface area contributed by atoms with Crippen LogP contribution in [0.25, 0.3) is 0 Å². The maximum absolute atomic E-state index is 12.8. The molecule has 1 fully saturated rings. The largest absolute Gasteiger partial charge is 0.378 e. The van der Waals surface area contributed by atoms with Gasteiger partial charge in [-0.1, -0.05) is 0 Å². The molecule has 2 N–H and O–H groups in total. The van der Waals surface area contributed by atoms with Gasteiger partial charge >= 0.3 is 11.8 Å². The second kappa shape index (κ2) is 11.0. The molecule has 170 valence electrons. The quantitative estimate of drug-likeness (QED) is 0.513. The van der Waals surface area contributed by atoms with Gasteiger partial charge in [0.1, 0.15) is 5.03 Å². The maximum atomic E-state index is 12.8. The molecule has 0 unspecified atom stereocenters. The molecular weight excluding hydrogens is 426 g/mol. The van der Waals surface area contributed by atoms with Gasteiger partial charge in [0.05, 0.1) is 5.56 Å². The van der Waals surface area contributed by atoms with Crippen LogP contribution in [0.3, 0.4) is 0 Å². The first kappa shape index (κ1) is 23.6. The lowest BCUT2D eigenvalue weighted by atomic mass is 9.96. The monoisotopic (exact) mass is 455 g/mol. The van der Waals surface area contributed by atoms with Gasteiger partial charge in [0.25, 0.3) is 5.91 Å². The van der Waals surface area contributed by atoms with Crippen LogP contribution in [0.2, 0.25) is 0 Å². The van der Waals surface area contributed by atoms with Crippen molar-refractivity contribution in [1.29, 1.82) is 0 Å². The van der Waals surface area contributed by atoms with Gasteiger partial charge in [0.15, 0.2) is 0 Å². The van der Waals surface area contributed by atoms with Gasteiger partial charge in [0.2, 0.25) is 0 Å². The summed E-state index contributed by atoms with van der Waals surface area (Å²) in [6.07, 6.45) is 5.14. The summed E-state index contributed by atoms with van der Waals surface area (Å²) in [5.41, 5.74) is 2.20. The Labute approximate surface area is 192 Å². The summed E-state index contributed by atoms with van der Waals surface area (Å²) in [5, 5.41) is 6.07. The highest BCUT2D eigenvalue weighted by Gasteiger charge is 2.26. The lowest BCUT2D eigenvalue weighted by Crippen LogP contribution is -2.43. The van der Waals surface area contributed by atoms with E-state index >= 15 is 0 Å². The number of piperidine rings is 1. The molecule has 0 atom stereocenters. The van der Waals surface area contributed by atoms with E-state index in [0.29, 0.717) is 30.9 Å². The second-order valence-electron chi connectivity index (χ2n) is 7.90. The fourth-order valence-electron chi connectivity index (χ4n) is 3.57. The van der Waals surface area contributed by atoms with Crippen LogP contribution < -0.4 is 15.5 Å². The molecule has 0 saturated carbocycles. The Morgan fingerprint density at radius 2 is 1.78 bits per heavy atom. The predicted octanol–water partition coefficient (Wildman–Crippen LogP) is 2.48. The van der Waals surface area contributed by atoms with E-state index in [4.69, 9.17) is 0 Å². The molecule has 0 aliphatic carbocycles. The van der Waals surface area contributed by atoms with Gasteiger partial charge in [-0.2, -0.15) is 0 Å². The van der Waals surface area contributed by atoms with Gasteiger partial charge in [-0.3, -0.25) is 14.4 Å². The first-order valence-electron chi connectivity index (χ1n) is 10.5. The molecule has 3 amide bonds. The van der Waals surface area contributed by atoms with E-state index in [1.807, 2.05) is 42.3 Å². The molecule has 1 aromatic heterocycles. The summed E-state index contributed by atoms with van der Waals surface area (Å²) < 4.78 is 0. The van der Waals surface area contributed by atoms with E-state index in [2.05, 4.69) is 15.6 Å². The van der Waals surface area contributed by atoms with Crippen molar-refractivity contribution in [3.63, 3.8) is 0 Å².